The molecule has 0 aromatic carbocycles. The molecule has 3 heteroatoms. The van der Waals surface area contributed by atoms with Crippen molar-refractivity contribution in [2.45, 2.75) is 45.2 Å². The maximum Gasteiger partial charge on any atom is 0.0948 e. The van der Waals surface area contributed by atoms with E-state index >= 15 is 0 Å². The van der Waals surface area contributed by atoms with Gasteiger partial charge in [0.05, 0.1) is 12.0 Å². The van der Waals surface area contributed by atoms with Gasteiger partial charge in [0.15, 0.2) is 0 Å². The summed E-state index contributed by atoms with van der Waals surface area (Å²) >= 11 is 0. The van der Waals surface area contributed by atoms with E-state index in [1.807, 2.05) is 19.4 Å². The van der Waals surface area contributed by atoms with Crippen LogP contribution < -0.4 is 5.73 Å². The molecule has 1 aliphatic rings. The maximum atomic E-state index is 5.85. The van der Waals surface area contributed by atoms with Crippen LogP contribution in [0.5, 0.6) is 0 Å². The Morgan fingerprint density at radius 3 is 3.00 bits per heavy atom. The second-order valence-corrected chi connectivity index (χ2v) is 4.39. The molecule has 1 heterocycles. The minimum absolute atomic E-state index is 0.0962. The first-order chi connectivity index (χ1) is 6.77. The van der Waals surface area contributed by atoms with Gasteiger partial charge in [0, 0.05) is 18.8 Å². The van der Waals surface area contributed by atoms with Crippen molar-refractivity contribution in [1.29, 1.82) is 0 Å². The van der Waals surface area contributed by atoms with Gasteiger partial charge in [-0.15, -0.1) is 0 Å². The Morgan fingerprint density at radius 1 is 1.64 bits per heavy atom. The zero-order valence-corrected chi connectivity index (χ0v) is 8.82. The normalized spacial score (nSPS) is 19.3. The number of aryl methyl sites for hydroxylation is 1. The summed E-state index contributed by atoms with van der Waals surface area (Å²) in [6.07, 6.45) is 9.33. The molecule has 1 aromatic rings. The van der Waals surface area contributed by atoms with Crippen molar-refractivity contribution in [3.63, 3.8) is 0 Å². The number of nitrogens with two attached hydrogens (primary N) is 1. The molecule has 0 spiro atoms. The lowest BCUT2D eigenvalue weighted by molar-refractivity contribution is 0.281. The number of hydrogen-bond donors (Lipinski definition) is 1. The van der Waals surface area contributed by atoms with Crippen LogP contribution in [0.15, 0.2) is 12.5 Å². The molecule has 2 N–H and O–H groups in total. The van der Waals surface area contributed by atoms with Crippen LogP contribution in [0, 0.1) is 5.92 Å². The van der Waals surface area contributed by atoms with E-state index in [9.17, 15) is 0 Å². The summed E-state index contributed by atoms with van der Waals surface area (Å²) in [5.41, 5.74) is 7.01. The number of aromatic nitrogens is 2. The Bertz CT molecular complexity index is 286. The monoisotopic (exact) mass is 193 g/mol. The smallest absolute Gasteiger partial charge is 0.0948 e. The standard InChI is InChI=1S/C11H19N3/c1-9(12)11-7-13-8-14(11)6-5-10-3-2-4-10/h7-10H,2-6,12H2,1H3/t9-/m0/s1. The lowest BCUT2D eigenvalue weighted by Gasteiger charge is -2.25. The van der Waals surface area contributed by atoms with Crippen LogP contribution in [0.2, 0.25) is 0 Å². The van der Waals surface area contributed by atoms with Gasteiger partial charge in [0.1, 0.15) is 0 Å². The molecular weight excluding hydrogens is 174 g/mol. The third-order valence-corrected chi connectivity index (χ3v) is 3.21. The van der Waals surface area contributed by atoms with Crippen LogP contribution in [0.1, 0.15) is 44.3 Å². The van der Waals surface area contributed by atoms with E-state index < -0.39 is 0 Å². The van der Waals surface area contributed by atoms with Crippen LogP contribution in [0.4, 0.5) is 0 Å². The average Bonchev–Trinajstić information content (AvgIpc) is 2.49. The lowest BCUT2D eigenvalue weighted by Crippen LogP contribution is -2.16. The van der Waals surface area contributed by atoms with Crippen molar-refractivity contribution in [3.05, 3.63) is 18.2 Å². The third-order valence-electron chi connectivity index (χ3n) is 3.21. The van der Waals surface area contributed by atoms with Gasteiger partial charge in [-0.25, -0.2) is 4.98 Å². The quantitative estimate of drug-likeness (QED) is 0.795. The highest BCUT2D eigenvalue weighted by Crippen LogP contribution is 2.29. The Kier molecular flexibility index (Phi) is 2.87. The molecule has 0 saturated heterocycles. The molecule has 0 aliphatic heterocycles. The Balaban J connectivity index is 1.90. The molecule has 1 aromatic heterocycles. The minimum atomic E-state index is 0.0962. The number of rotatable bonds is 4. The van der Waals surface area contributed by atoms with Crippen molar-refractivity contribution < 1.29 is 0 Å². The van der Waals surface area contributed by atoms with Gasteiger partial charge >= 0.3 is 0 Å². The van der Waals surface area contributed by atoms with Crippen molar-refractivity contribution in [3.8, 4) is 0 Å². The second kappa shape index (κ2) is 4.13. The van der Waals surface area contributed by atoms with E-state index in [2.05, 4.69) is 9.55 Å². The average molecular weight is 193 g/mol. The van der Waals surface area contributed by atoms with E-state index in [0.29, 0.717) is 0 Å². The van der Waals surface area contributed by atoms with Crippen molar-refractivity contribution in [2.24, 2.45) is 11.7 Å². The largest absolute Gasteiger partial charge is 0.333 e. The molecule has 0 bridgehead atoms. The molecule has 1 atom stereocenters. The van der Waals surface area contributed by atoms with E-state index in [1.54, 1.807) is 0 Å². The summed E-state index contributed by atoms with van der Waals surface area (Å²) in [5, 5.41) is 0. The van der Waals surface area contributed by atoms with Crippen LogP contribution in [-0.2, 0) is 6.54 Å². The lowest BCUT2D eigenvalue weighted by atomic mass is 9.83. The van der Waals surface area contributed by atoms with E-state index in [0.717, 1.165) is 18.2 Å². The summed E-state index contributed by atoms with van der Waals surface area (Å²) in [5.74, 6) is 0.957. The van der Waals surface area contributed by atoms with E-state index in [1.165, 1.54) is 25.7 Å². The predicted octanol–water partition coefficient (Wildman–Crippen LogP) is 2.09. The van der Waals surface area contributed by atoms with Gasteiger partial charge < -0.3 is 10.3 Å². The first-order valence-corrected chi connectivity index (χ1v) is 5.53. The summed E-state index contributed by atoms with van der Waals surface area (Å²) in [4.78, 5) is 4.15. The van der Waals surface area contributed by atoms with Gasteiger partial charge in [-0.1, -0.05) is 19.3 Å². The highest BCUT2D eigenvalue weighted by Gasteiger charge is 2.17. The third kappa shape index (κ3) is 1.98. The maximum absolute atomic E-state index is 5.85. The minimum Gasteiger partial charge on any atom is -0.333 e. The highest BCUT2D eigenvalue weighted by atomic mass is 15.1. The van der Waals surface area contributed by atoms with E-state index in [-0.39, 0.29) is 6.04 Å². The zero-order chi connectivity index (χ0) is 9.97. The number of imidazole rings is 1. The first kappa shape index (κ1) is 9.71. The summed E-state index contributed by atoms with van der Waals surface area (Å²) in [7, 11) is 0. The molecule has 1 aliphatic carbocycles. The van der Waals surface area contributed by atoms with Gasteiger partial charge in [0.25, 0.3) is 0 Å². The molecular formula is C11H19N3. The van der Waals surface area contributed by atoms with Crippen molar-refractivity contribution >= 4 is 0 Å². The molecule has 0 amide bonds. The number of hydrogen-bond acceptors (Lipinski definition) is 2. The SMILES string of the molecule is C[C@H](N)c1cncn1CCC1CCC1. The van der Waals surface area contributed by atoms with Gasteiger partial charge in [0.2, 0.25) is 0 Å². The summed E-state index contributed by atoms with van der Waals surface area (Å²) in [6.45, 7) is 3.10. The van der Waals surface area contributed by atoms with Crippen LogP contribution >= 0.6 is 0 Å². The summed E-state index contributed by atoms with van der Waals surface area (Å²) < 4.78 is 2.20. The number of nitrogens with zero attached hydrogens (tertiary/aromatic N) is 2. The molecule has 2 rings (SSSR count). The molecule has 3 nitrogen and oxygen atoms in total. The molecule has 1 fully saturated rings. The summed E-state index contributed by atoms with van der Waals surface area (Å²) in [6, 6.07) is 0.0962. The molecule has 78 valence electrons. The fourth-order valence-electron chi connectivity index (χ4n) is 2.00. The van der Waals surface area contributed by atoms with Crippen molar-refractivity contribution in [1.82, 2.24) is 9.55 Å². The van der Waals surface area contributed by atoms with Crippen molar-refractivity contribution in [2.75, 3.05) is 0 Å². The van der Waals surface area contributed by atoms with Crippen LogP contribution in [0.25, 0.3) is 0 Å². The van der Waals surface area contributed by atoms with E-state index in [4.69, 9.17) is 5.73 Å². The van der Waals surface area contributed by atoms with Crippen LogP contribution in [-0.4, -0.2) is 9.55 Å². The van der Waals surface area contributed by atoms with Crippen LogP contribution in [0.3, 0.4) is 0 Å². The topological polar surface area (TPSA) is 43.8 Å². The second-order valence-electron chi connectivity index (χ2n) is 4.39. The van der Waals surface area contributed by atoms with Gasteiger partial charge in [-0.05, 0) is 19.3 Å². The van der Waals surface area contributed by atoms with Gasteiger partial charge in [-0.3, -0.25) is 0 Å². The molecule has 1 saturated carbocycles. The Labute approximate surface area is 85.3 Å². The Hall–Kier alpha value is -0.830. The fraction of sp³-hybridized carbons (Fsp3) is 0.727. The molecule has 0 radical (unpaired) electrons. The molecule has 0 unspecified atom stereocenters. The van der Waals surface area contributed by atoms with Gasteiger partial charge in [-0.2, -0.15) is 0 Å². The first-order valence-electron chi connectivity index (χ1n) is 5.53. The molecule has 14 heavy (non-hydrogen) atoms. The Morgan fingerprint density at radius 2 is 2.43 bits per heavy atom. The fourth-order valence-corrected chi connectivity index (χ4v) is 2.00. The zero-order valence-electron chi connectivity index (χ0n) is 8.82. The highest BCUT2D eigenvalue weighted by molar-refractivity contribution is 5.03. The predicted molar refractivity (Wildman–Crippen MR) is 56.8 cm³/mol.